The number of anilines is 1. The lowest BCUT2D eigenvalue weighted by Crippen LogP contribution is -2.19. The Labute approximate surface area is 105 Å². The van der Waals surface area contributed by atoms with Crippen LogP contribution in [0.4, 0.5) is 5.95 Å². The van der Waals surface area contributed by atoms with Gasteiger partial charge in [-0.3, -0.25) is 0 Å². The molecule has 0 radical (unpaired) electrons. The van der Waals surface area contributed by atoms with Crippen molar-refractivity contribution in [3.05, 3.63) is 5.28 Å². The summed E-state index contributed by atoms with van der Waals surface area (Å²) in [6, 6.07) is 0.253. The fourth-order valence-electron chi connectivity index (χ4n) is 2.34. The Balaban J connectivity index is 1.66. The molecular formula is C11H15ClN4O. The van der Waals surface area contributed by atoms with E-state index in [-0.39, 0.29) is 11.3 Å². The minimum absolute atomic E-state index is 0.163. The highest BCUT2D eigenvalue weighted by Crippen LogP contribution is 2.61. The molecule has 0 unspecified atom stereocenters. The zero-order valence-corrected chi connectivity index (χ0v) is 10.5. The number of aromatic nitrogens is 3. The lowest BCUT2D eigenvalue weighted by Gasteiger charge is -2.14. The van der Waals surface area contributed by atoms with E-state index < -0.39 is 0 Å². The quantitative estimate of drug-likeness (QED) is 0.872. The zero-order chi connectivity index (χ0) is 11.9. The SMILES string of the molecule is COc1nc(Cl)nc(NCC2(C3CC3)CC2)n1. The van der Waals surface area contributed by atoms with E-state index in [1.54, 1.807) is 0 Å². The minimum atomic E-state index is 0.163. The first-order valence-corrected chi connectivity index (χ1v) is 6.29. The third kappa shape index (κ3) is 2.29. The number of rotatable bonds is 5. The average molecular weight is 255 g/mol. The van der Waals surface area contributed by atoms with Gasteiger partial charge in [0.15, 0.2) is 0 Å². The Morgan fingerprint density at radius 3 is 2.71 bits per heavy atom. The molecular weight excluding hydrogens is 240 g/mol. The molecule has 2 fully saturated rings. The molecule has 1 aromatic rings. The Morgan fingerprint density at radius 1 is 1.35 bits per heavy atom. The molecule has 0 amide bonds. The molecule has 1 heterocycles. The standard InChI is InChI=1S/C11H15ClN4O/c1-17-10-15-8(12)14-9(16-10)13-6-11(4-5-11)7-2-3-7/h7H,2-6H2,1H3,(H,13,14,15,16). The Morgan fingerprint density at radius 2 is 2.12 bits per heavy atom. The van der Waals surface area contributed by atoms with Crippen LogP contribution in [0.2, 0.25) is 5.28 Å². The number of methoxy groups -OCH3 is 1. The highest BCUT2D eigenvalue weighted by atomic mass is 35.5. The molecule has 0 aliphatic heterocycles. The molecule has 0 atom stereocenters. The lowest BCUT2D eigenvalue weighted by atomic mass is 10.0. The van der Waals surface area contributed by atoms with Crippen LogP contribution in [-0.4, -0.2) is 28.6 Å². The third-order valence-electron chi connectivity index (χ3n) is 3.70. The van der Waals surface area contributed by atoms with Crippen molar-refractivity contribution in [3.8, 4) is 6.01 Å². The van der Waals surface area contributed by atoms with Crippen molar-refractivity contribution in [2.45, 2.75) is 25.7 Å². The second-order valence-corrected chi connectivity index (χ2v) is 5.24. The second kappa shape index (κ2) is 3.98. The van der Waals surface area contributed by atoms with Gasteiger partial charge >= 0.3 is 6.01 Å². The van der Waals surface area contributed by atoms with Crippen LogP contribution in [0.15, 0.2) is 0 Å². The number of nitrogens with zero attached hydrogens (tertiary/aromatic N) is 3. The first-order chi connectivity index (χ1) is 8.22. The van der Waals surface area contributed by atoms with E-state index in [9.17, 15) is 0 Å². The molecule has 92 valence electrons. The number of nitrogens with one attached hydrogen (secondary N) is 1. The summed E-state index contributed by atoms with van der Waals surface area (Å²) in [6.45, 7) is 0.932. The van der Waals surface area contributed by atoms with Crippen molar-refractivity contribution >= 4 is 17.5 Å². The van der Waals surface area contributed by atoms with Crippen molar-refractivity contribution in [1.82, 2.24) is 15.0 Å². The predicted octanol–water partition coefficient (Wildman–Crippen LogP) is 2.14. The van der Waals surface area contributed by atoms with E-state index in [0.717, 1.165) is 12.5 Å². The maximum atomic E-state index is 5.79. The van der Waals surface area contributed by atoms with Gasteiger partial charge in [0.2, 0.25) is 11.2 Å². The van der Waals surface area contributed by atoms with E-state index in [0.29, 0.717) is 11.4 Å². The van der Waals surface area contributed by atoms with Crippen LogP contribution >= 0.6 is 11.6 Å². The van der Waals surface area contributed by atoms with E-state index in [1.807, 2.05) is 0 Å². The van der Waals surface area contributed by atoms with E-state index >= 15 is 0 Å². The molecule has 1 N–H and O–H groups in total. The fourth-order valence-corrected chi connectivity index (χ4v) is 2.50. The summed E-state index contributed by atoms with van der Waals surface area (Å²) < 4.78 is 4.96. The molecule has 0 bridgehead atoms. The minimum Gasteiger partial charge on any atom is -0.467 e. The fraction of sp³-hybridized carbons (Fsp3) is 0.727. The van der Waals surface area contributed by atoms with Gasteiger partial charge in [-0.1, -0.05) is 0 Å². The van der Waals surface area contributed by atoms with Crippen LogP contribution in [0, 0.1) is 11.3 Å². The Bertz CT molecular complexity index is 431. The summed E-state index contributed by atoms with van der Waals surface area (Å²) in [5.74, 6) is 1.42. The molecule has 0 spiro atoms. The van der Waals surface area contributed by atoms with Crippen LogP contribution in [-0.2, 0) is 0 Å². The van der Waals surface area contributed by atoms with E-state index in [4.69, 9.17) is 16.3 Å². The summed E-state index contributed by atoms with van der Waals surface area (Å²) in [6.07, 6.45) is 5.40. The van der Waals surface area contributed by atoms with Crippen molar-refractivity contribution in [2.24, 2.45) is 11.3 Å². The van der Waals surface area contributed by atoms with E-state index in [1.165, 1.54) is 32.8 Å². The maximum absolute atomic E-state index is 5.79. The topological polar surface area (TPSA) is 59.9 Å². The zero-order valence-electron chi connectivity index (χ0n) is 9.74. The number of ether oxygens (including phenoxy) is 1. The van der Waals surface area contributed by atoms with Gasteiger partial charge in [-0.25, -0.2) is 0 Å². The van der Waals surface area contributed by atoms with Crippen LogP contribution in [0.1, 0.15) is 25.7 Å². The number of hydrogen-bond acceptors (Lipinski definition) is 5. The molecule has 2 aliphatic rings. The van der Waals surface area contributed by atoms with Gasteiger partial charge in [0.25, 0.3) is 0 Å². The van der Waals surface area contributed by atoms with Crippen molar-refractivity contribution < 1.29 is 4.74 Å². The summed E-state index contributed by atoms with van der Waals surface area (Å²) >= 11 is 5.79. The molecule has 1 aromatic heterocycles. The molecule has 0 aromatic carbocycles. The summed E-state index contributed by atoms with van der Waals surface area (Å²) in [4.78, 5) is 12.0. The van der Waals surface area contributed by atoms with Crippen LogP contribution < -0.4 is 10.1 Å². The summed E-state index contributed by atoms with van der Waals surface area (Å²) in [5.41, 5.74) is 0.506. The molecule has 17 heavy (non-hydrogen) atoms. The molecule has 5 nitrogen and oxygen atoms in total. The lowest BCUT2D eigenvalue weighted by molar-refractivity contribution is 0.378. The monoisotopic (exact) mass is 254 g/mol. The van der Waals surface area contributed by atoms with Gasteiger partial charge in [0.05, 0.1) is 7.11 Å². The maximum Gasteiger partial charge on any atom is 0.322 e. The van der Waals surface area contributed by atoms with Crippen LogP contribution in [0.3, 0.4) is 0 Å². The largest absolute Gasteiger partial charge is 0.467 e. The first kappa shape index (κ1) is 11.0. The highest BCUT2D eigenvalue weighted by molar-refractivity contribution is 6.28. The van der Waals surface area contributed by atoms with Gasteiger partial charge in [-0.15, -0.1) is 0 Å². The summed E-state index contributed by atoms with van der Waals surface area (Å²) in [7, 11) is 1.52. The van der Waals surface area contributed by atoms with Gasteiger partial charge in [-0.05, 0) is 48.6 Å². The smallest absolute Gasteiger partial charge is 0.322 e. The predicted molar refractivity (Wildman–Crippen MR) is 64.3 cm³/mol. The molecule has 2 saturated carbocycles. The average Bonchev–Trinajstić information content (AvgIpc) is 3.15. The Hall–Kier alpha value is -1.10. The normalized spacial score (nSPS) is 21.1. The van der Waals surface area contributed by atoms with Crippen LogP contribution in [0.25, 0.3) is 0 Å². The first-order valence-electron chi connectivity index (χ1n) is 5.91. The molecule has 0 saturated heterocycles. The van der Waals surface area contributed by atoms with Crippen molar-refractivity contribution in [2.75, 3.05) is 19.0 Å². The van der Waals surface area contributed by atoms with Gasteiger partial charge in [0, 0.05) is 6.54 Å². The number of halogens is 1. The van der Waals surface area contributed by atoms with Gasteiger partial charge < -0.3 is 10.1 Å². The summed E-state index contributed by atoms with van der Waals surface area (Å²) in [5, 5.41) is 3.42. The van der Waals surface area contributed by atoms with Crippen molar-refractivity contribution in [1.29, 1.82) is 0 Å². The van der Waals surface area contributed by atoms with Gasteiger partial charge in [0.1, 0.15) is 0 Å². The molecule has 3 rings (SSSR count). The third-order valence-corrected chi connectivity index (χ3v) is 3.87. The Kier molecular flexibility index (Phi) is 2.58. The van der Waals surface area contributed by atoms with Gasteiger partial charge in [-0.2, -0.15) is 15.0 Å². The molecule has 6 heteroatoms. The van der Waals surface area contributed by atoms with Crippen LogP contribution in [0.5, 0.6) is 6.01 Å². The van der Waals surface area contributed by atoms with Crippen molar-refractivity contribution in [3.63, 3.8) is 0 Å². The van der Waals surface area contributed by atoms with E-state index in [2.05, 4.69) is 20.3 Å². The molecule has 2 aliphatic carbocycles. The second-order valence-electron chi connectivity index (χ2n) is 4.90. The number of hydrogen-bond donors (Lipinski definition) is 1. The highest BCUT2D eigenvalue weighted by Gasteiger charge is 2.53.